The van der Waals surface area contributed by atoms with Gasteiger partial charge in [-0.2, -0.15) is 0 Å². The highest BCUT2D eigenvalue weighted by Gasteiger charge is 2.22. The third kappa shape index (κ3) is 3.31. The van der Waals surface area contributed by atoms with Gasteiger partial charge >= 0.3 is 0 Å². The van der Waals surface area contributed by atoms with Crippen molar-refractivity contribution < 1.29 is 4.39 Å². The van der Waals surface area contributed by atoms with Crippen molar-refractivity contribution in [3.63, 3.8) is 0 Å². The van der Waals surface area contributed by atoms with Crippen LogP contribution in [0.1, 0.15) is 6.42 Å². The molecule has 1 fully saturated rings. The van der Waals surface area contributed by atoms with Gasteiger partial charge in [0.1, 0.15) is 17.2 Å². The highest BCUT2D eigenvalue weighted by atomic mass is 79.9. The Morgan fingerprint density at radius 3 is 2.86 bits per heavy atom. The Morgan fingerprint density at radius 1 is 1.21 bits per heavy atom. The molecule has 0 unspecified atom stereocenters. The zero-order chi connectivity index (χ0) is 20.1. The van der Waals surface area contributed by atoms with Gasteiger partial charge in [0, 0.05) is 28.5 Å². The van der Waals surface area contributed by atoms with Gasteiger partial charge in [0.05, 0.1) is 27.3 Å². The lowest BCUT2D eigenvalue weighted by atomic mass is 10.1. The number of imidazole rings is 1. The second-order valence-electron chi connectivity index (χ2n) is 7.10. The number of halogens is 3. The molecule has 1 atom stereocenters. The van der Waals surface area contributed by atoms with Crippen molar-refractivity contribution in [3.8, 4) is 11.4 Å². The van der Waals surface area contributed by atoms with Crippen LogP contribution in [0.4, 0.5) is 10.1 Å². The lowest BCUT2D eigenvalue weighted by Crippen LogP contribution is -2.24. The van der Waals surface area contributed by atoms with Crippen LogP contribution >= 0.6 is 27.5 Å². The van der Waals surface area contributed by atoms with E-state index in [4.69, 9.17) is 11.6 Å². The second kappa shape index (κ2) is 7.12. The summed E-state index contributed by atoms with van der Waals surface area (Å²) >= 11 is 9.41. The highest BCUT2D eigenvalue weighted by molar-refractivity contribution is 9.10. The van der Waals surface area contributed by atoms with E-state index in [1.165, 1.54) is 12.1 Å². The summed E-state index contributed by atoms with van der Waals surface area (Å²) in [5.41, 5.74) is 2.50. The van der Waals surface area contributed by atoms with Gasteiger partial charge in [-0.25, -0.2) is 9.37 Å². The van der Waals surface area contributed by atoms with E-state index in [2.05, 4.69) is 41.5 Å². The zero-order valence-electron chi connectivity index (χ0n) is 15.1. The fourth-order valence-corrected chi connectivity index (χ4v) is 4.27. The first-order valence-electron chi connectivity index (χ1n) is 9.17. The Bertz CT molecular complexity index is 1270. The maximum absolute atomic E-state index is 13.9. The minimum atomic E-state index is -0.552. The van der Waals surface area contributed by atoms with Crippen LogP contribution in [0.3, 0.4) is 0 Å². The lowest BCUT2D eigenvalue weighted by Gasteiger charge is -2.18. The Labute approximate surface area is 178 Å². The second-order valence-corrected chi connectivity index (χ2v) is 8.42. The number of hydrogen-bond acceptors (Lipinski definition) is 4. The number of pyridine rings is 1. The number of hydrogen-bond donors (Lipinski definition) is 4. The molecule has 0 radical (unpaired) electrons. The number of rotatable bonds is 3. The summed E-state index contributed by atoms with van der Waals surface area (Å²) in [4.78, 5) is 23.5. The van der Waals surface area contributed by atoms with Crippen molar-refractivity contribution in [2.75, 3.05) is 18.4 Å². The summed E-state index contributed by atoms with van der Waals surface area (Å²) in [6.07, 6.45) is 0.947. The van der Waals surface area contributed by atoms with E-state index in [9.17, 15) is 9.18 Å². The SMILES string of the molecule is O=c1[nH]c2ccc(Br)cc2c(N[C@@H]2CCNC2)c1-c1nc2cc(F)c(Cl)cc2[nH]1. The van der Waals surface area contributed by atoms with E-state index in [-0.39, 0.29) is 16.6 Å². The molecule has 0 saturated carbocycles. The molecule has 0 amide bonds. The quantitative estimate of drug-likeness (QED) is 0.353. The van der Waals surface area contributed by atoms with Crippen LogP contribution in [0.5, 0.6) is 0 Å². The molecule has 3 heterocycles. The van der Waals surface area contributed by atoms with Crippen molar-refractivity contribution in [2.24, 2.45) is 0 Å². The molecular formula is C20H16BrClFN5O. The Hall–Kier alpha value is -2.42. The van der Waals surface area contributed by atoms with Gasteiger partial charge in [0.25, 0.3) is 5.56 Å². The Morgan fingerprint density at radius 2 is 2.07 bits per heavy atom. The molecule has 0 aliphatic carbocycles. The first kappa shape index (κ1) is 18.6. The number of nitrogens with zero attached hydrogens (tertiary/aromatic N) is 1. The monoisotopic (exact) mass is 475 g/mol. The molecule has 1 saturated heterocycles. The largest absolute Gasteiger partial charge is 0.380 e. The minimum absolute atomic E-state index is 0.000528. The Balaban J connectivity index is 1.77. The van der Waals surface area contributed by atoms with Gasteiger partial charge in [-0.05, 0) is 37.2 Å². The number of aromatic nitrogens is 3. The predicted molar refractivity (Wildman–Crippen MR) is 117 cm³/mol. The smallest absolute Gasteiger partial charge is 0.261 e. The number of nitrogens with one attached hydrogen (secondary N) is 4. The molecule has 9 heteroatoms. The van der Waals surface area contributed by atoms with Gasteiger partial charge in [-0.3, -0.25) is 4.79 Å². The molecule has 1 aliphatic heterocycles. The Kier molecular flexibility index (Phi) is 4.57. The molecular weight excluding hydrogens is 461 g/mol. The van der Waals surface area contributed by atoms with Crippen LogP contribution in [0.25, 0.3) is 33.3 Å². The van der Waals surface area contributed by atoms with Crippen LogP contribution < -0.4 is 16.2 Å². The van der Waals surface area contributed by atoms with Crippen molar-refractivity contribution in [1.29, 1.82) is 0 Å². The maximum Gasteiger partial charge on any atom is 0.261 e. The molecule has 4 aromatic rings. The van der Waals surface area contributed by atoms with Crippen molar-refractivity contribution >= 4 is 55.2 Å². The van der Waals surface area contributed by atoms with Crippen LogP contribution in [0.2, 0.25) is 5.02 Å². The number of H-pyrrole nitrogens is 2. The van der Waals surface area contributed by atoms with Gasteiger partial charge < -0.3 is 20.6 Å². The van der Waals surface area contributed by atoms with Gasteiger partial charge in [0.15, 0.2) is 0 Å². The zero-order valence-corrected chi connectivity index (χ0v) is 17.4. The van der Waals surface area contributed by atoms with Crippen molar-refractivity contribution in [3.05, 3.63) is 56.0 Å². The fraction of sp³-hybridized carbons (Fsp3) is 0.200. The predicted octanol–water partition coefficient (Wildman–Crippen LogP) is 4.40. The van der Waals surface area contributed by atoms with Crippen molar-refractivity contribution in [2.45, 2.75) is 12.5 Å². The van der Waals surface area contributed by atoms with Crippen LogP contribution in [0, 0.1) is 5.82 Å². The topological polar surface area (TPSA) is 85.6 Å². The summed E-state index contributed by atoms with van der Waals surface area (Å²) in [6, 6.07) is 8.62. The highest BCUT2D eigenvalue weighted by Crippen LogP contribution is 2.34. The van der Waals surface area contributed by atoms with Gasteiger partial charge in [-0.1, -0.05) is 27.5 Å². The molecule has 2 aromatic heterocycles. The number of anilines is 1. The fourth-order valence-electron chi connectivity index (χ4n) is 3.75. The van der Waals surface area contributed by atoms with Gasteiger partial charge in [0.2, 0.25) is 0 Å². The number of benzene rings is 2. The van der Waals surface area contributed by atoms with E-state index >= 15 is 0 Å². The maximum atomic E-state index is 13.9. The van der Waals surface area contributed by atoms with Crippen molar-refractivity contribution in [1.82, 2.24) is 20.3 Å². The molecule has 2 aromatic carbocycles. The van der Waals surface area contributed by atoms with Crippen LogP contribution in [0.15, 0.2) is 39.6 Å². The molecule has 0 spiro atoms. The lowest BCUT2D eigenvalue weighted by molar-refractivity contribution is 0.630. The summed E-state index contributed by atoms with van der Waals surface area (Å²) in [5, 5.41) is 7.71. The van der Waals surface area contributed by atoms with Gasteiger partial charge in [-0.15, -0.1) is 0 Å². The van der Waals surface area contributed by atoms with E-state index in [0.29, 0.717) is 28.1 Å². The third-order valence-corrected chi connectivity index (χ3v) is 5.93. The van der Waals surface area contributed by atoms with Crippen LogP contribution in [-0.4, -0.2) is 34.1 Å². The standard InChI is InChI=1S/C20H16BrClFN5O/c21-9-1-2-14-11(5-9)18(25-10-3-4-24-8-10)17(20(29)28-14)19-26-15-6-12(22)13(23)7-16(15)27-19/h1-2,5-7,10,24H,3-4,8H2,(H,26,27)(H2,25,28,29)/t10-/m1/s1. The minimum Gasteiger partial charge on any atom is -0.380 e. The number of fused-ring (bicyclic) bond motifs is 2. The molecule has 0 bridgehead atoms. The summed E-state index contributed by atoms with van der Waals surface area (Å²) in [7, 11) is 0. The third-order valence-electron chi connectivity index (χ3n) is 5.15. The first-order chi connectivity index (χ1) is 14.0. The van der Waals surface area contributed by atoms with E-state index in [1.54, 1.807) is 0 Å². The van der Waals surface area contributed by atoms with E-state index < -0.39 is 5.82 Å². The van der Waals surface area contributed by atoms with E-state index in [0.717, 1.165) is 34.9 Å². The number of aromatic amines is 2. The molecule has 4 N–H and O–H groups in total. The average Bonchev–Trinajstić information content (AvgIpc) is 3.32. The summed E-state index contributed by atoms with van der Waals surface area (Å²) < 4.78 is 14.8. The summed E-state index contributed by atoms with van der Waals surface area (Å²) in [5.74, 6) is -0.192. The molecule has 5 rings (SSSR count). The average molecular weight is 477 g/mol. The molecule has 148 valence electrons. The first-order valence-corrected chi connectivity index (χ1v) is 10.3. The molecule has 29 heavy (non-hydrogen) atoms. The van der Waals surface area contributed by atoms with Crippen LogP contribution in [-0.2, 0) is 0 Å². The summed E-state index contributed by atoms with van der Waals surface area (Å²) in [6.45, 7) is 1.73. The van der Waals surface area contributed by atoms with E-state index in [1.807, 2.05) is 18.2 Å². The molecule has 6 nitrogen and oxygen atoms in total. The normalized spacial score (nSPS) is 16.7. The molecule has 1 aliphatic rings.